The molecule has 0 aliphatic heterocycles. The van der Waals surface area contributed by atoms with E-state index in [1.165, 1.54) is 6.20 Å². The molecule has 0 atom stereocenters. The Hall–Kier alpha value is -2.63. The standard InChI is InChI=1S/C19H23N3O3/c1-12(2)11-22-15-8-4-3-7-14(15)17(23)16(19(22)25)18(24)21-13-6-5-9-20-10-13/h5-6,9-10,12,23H,3-4,7-8,11H2,1-2H3,(H,21,24). The van der Waals surface area contributed by atoms with Gasteiger partial charge in [-0.3, -0.25) is 14.6 Å². The van der Waals surface area contributed by atoms with Gasteiger partial charge >= 0.3 is 0 Å². The van der Waals surface area contributed by atoms with Gasteiger partial charge in [-0.2, -0.15) is 0 Å². The Morgan fingerprint density at radius 1 is 1.36 bits per heavy atom. The Morgan fingerprint density at radius 2 is 2.12 bits per heavy atom. The monoisotopic (exact) mass is 341 g/mol. The van der Waals surface area contributed by atoms with Gasteiger partial charge in [0.1, 0.15) is 11.3 Å². The maximum absolute atomic E-state index is 13.0. The highest BCUT2D eigenvalue weighted by atomic mass is 16.3. The van der Waals surface area contributed by atoms with E-state index in [2.05, 4.69) is 10.3 Å². The number of fused-ring (bicyclic) bond motifs is 1. The number of carbonyl (C=O) groups is 1. The molecule has 0 saturated heterocycles. The fourth-order valence-corrected chi connectivity index (χ4v) is 3.35. The van der Waals surface area contributed by atoms with Crippen LogP contribution >= 0.6 is 0 Å². The molecule has 6 heteroatoms. The fourth-order valence-electron chi connectivity index (χ4n) is 3.35. The molecule has 25 heavy (non-hydrogen) atoms. The van der Waals surface area contributed by atoms with Crippen LogP contribution in [0.25, 0.3) is 0 Å². The average molecular weight is 341 g/mol. The molecule has 1 aliphatic carbocycles. The third kappa shape index (κ3) is 3.43. The van der Waals surface area contributed by atoms with Gasteiger partial charge < -0.3 is 15.0 Å². The Balaban J connectivity index is 2.09. The van der Waals surface area contributed by atoms with Crippen molar-refractivity contribution in [2.24, 2.45) is 5.92 Å². The van der Waals surface area contributed by atoms with Crippen molar-refractivity contribution in [3.05, 3.63) is 51.7 Å². The van der Waals surface area contributed by atoms with Gasteiger partial charge in [-0.25, -0.2) is 0 Å². The SMILES string of the molecule is CC(C)Cn1c2c(c(O)c(C(=O)Nc3cccnc3)c1=O)CCCC2. The summed E-state index contributed by atoms with van der Waals surface area (Å²) >= 11 is 0. The number of nitrogens with zero attached hydrogens (tertiary/aromatic N) is 2. The van der Waals surface area contributed by atoms with Crippen LogP contribution in [-0.4, -0.2) is 20.6 Å². The minimum Gasteiger partial charge on any atom is -0.507 e. The molecular formula is C19H23N3O3. The van der Waals surface area contributed by atoms with Crippen LogP contribution in [-0.2, 0) is 19.4 Å². The number of carbonyl (C=O) groups excluding carboxylic acids is 1. The number of pyridine rings is 2. The van der Waals surface area contributed by atoms with Crippen molar-refractivity contribution >= 4 is 11.6 Å². The molecule has 2 heterocycles. The van der Waals surface area contributed by atoms with Crippen LogP contribution in [0.15, 0.2) is 29.3 Å². The third-order valence-electron chi connectivity index (χ3n) is 4.44. The lowest BCUT2D eigenvalue weighted by Crippen LogP contribution is -2.34. The van der Waals surface area contributed by atoms with Crippen molar-refractivity contribution in [1.82, 2.24) is 9.55 Å². The van der Waals surface area contributed by atoms with E-state index >= 15 is 0 Å². The number of aromatic hydroxyl groups is 1. The minimum absolute atomic E-state index is 0.166. The minimum atomic E-state index is -0.596. The third-order valence-corrected chi connectivity index (χ3v) is 4.44. The fraction of sp³-hybridized carbons (Fsp3) is 0.421. The molecular weight excluding hydrogens is 318 g/mol. The predicted octanol–water partition coefficient (Wildman–Crippen LogP) is 2.74. The first-order chi connectivity index (χ1) is 12.0. The molecule has 3 rings (SSSR count). The van der Waals surface area contributed by atoms with E-state index in [4.69, 9.17) is 0 Å². The number of hydrogen-bond donors (Lipinski definition) is 2. The van der Waals surface area contributed by atoms with Gasteiger partial charge in [-0.1, -0.05) is 13.8 Å². The summed E-state index contributed by atoms with van der Waals surface area (Å²) in [4.78, 5) is 29.6. The largest absolute Gasteiger partial charge is 0.507 e. The van der Waals surface area contributed by atoms with Gasteiger partial charge in [-0.05, 0) is 43.7 Å². The Kier molecular flexibility index (Phi) is 4.88. The summed E-state index contributed by atoms with van der Waals surface area (Å²) in [5.74, 6) is -0.495. The van der Waals surface area contributed by atoms with Crippen LogP contribution in [0, 0.1) is 5.92 Å². The lowest BCUT2D eigenvalue weighted by Gasteiger charge is -2.24. The van der Waals surface area contributed by atoms with Crippen molar-refractivity contribution < 1.29 is 9.90 Å². The maximum Gasteiger partial charge on any atom is 0.267 e. The first-order valence-corrected chi connectivity index (χ1v) is 8.68. The second kappa shape index (κ2) is 7.09. The maximum atomic E-state index is 13.0. The molecule has 0 spiro atoms. The average Bonchev–Trinajstić information content (AvgIpc) is 2.59. The number of anilines is 1. The van der Waals surface area contributed by atoms with Crippen molar-refractivity contribution in [3.8, 4) is 5.75 Å². The van der Waals surface area contributed by atoms with Gasteiger partial charge in [-0.15, -0.1) is 0 Å². The molecule has 2 aromatic rings. The summed E-state index contributed by atoms with van der Waals surface area (Å²) < 4.78 is 1.68. The van der Waals surface area contributed by atoms with Crippen LogP contribution in [0.1, 0.15) is 48.3 Å². The second-order valence-corrected chi connectivity index (χ2v) is 6.86. The molecule has 132 valence electrons. The quantitative estimate of drug-likeness (QED) is 0.895. The molecule has 0 aromatic carbocycles. The highest BCUT2D eigenvalue weighted by Crippen LogP contribution is 2.30. The van der Waals surface area contributed by atoms with E-state index in [1.54, 1.807) is 22.9 Å². The van der Waals surface area contributed by atoms with Crippen LogP contribution in [0.4, 0.5) is 5.69 Å². The first-order valence-electron chi connectivity index (χ1n) is 8.68. The van der Waals surface area contributed by atoms with E-state index in [0.29, 0.717) is 18.7 Å². The molecule has 0 saturated carbocycles. The second-order valence-electron chi connectivity index (χ2n) is 6.86. The number of amides is 1. The molecule has 6 nitrogen and oxygen atoms in total. The van der Waals surface area contributed by atoms with E-state index in [1.807, 2.05) is 13.8 Å². The summed E-state index contributed by atoms with van der Waals surface area (Å²) in [5.41, 5.74) is 1.50. The van der Waals surface area contributed by atoms with E-state index in [0.717, 1.165) is 30.5 Å². The summed E-state index contributed by atoms with van der Waals surface area (Å²) in [6.07, 6.45) is 6.49. The zero-order valence-corrected chi connectivity index (χ0v) is 14.6. The van der Waals surface area contributed by atoms with E-state index in [9.17, 15) is 14.7 Å². The number of hydrogen-bond acceptors (Lipinski definition) is 4. The molecule has 0 bridgehead atoms. The Labute approximate surface area is 146 Å². The molecule has 2 N–H and O–H groups in total. The molecule has 1 aliphatic rings. The smallest absolute Gasteiger partial charge is 0.267 e. The normalized spacial score (nSPS) is 13.6. The molecule has 1 amide bonds. The van der Waals surface area contributed by atoms with Gasteiger partial charge in [0.25, 0.3) is 11.5 Å². The molecule has 2 aromatic heterocycles. The van der Waals surface area contributed by atoms with E-state index in [-0.39, 0.29) is 17.2 Å². The number of nitrogens with one attached hydrogen (secondary N) is 1. The highest BCUT2D eigenvalue weighted by molar-refractivity contribution is 6.06. The lowest BCUT2D eigenvalue weighted by atomic mass is 9.92. The Bertz CT molecular complexity index is 841. The van der Waals surface area contributed by atoms with Crippen LogP contribution in [0.3, 0.4) is 0 Å². The van der Waals surface area contributed by atoms with E-state index < -0.39 is 11.5 Å². The topological polar surface area (TPSA) is 84.2 Å². The lowest BCUT2D eigenvalue weighted by molar-refractivity contribution is 0.102. The first kappa shape index (κ1) is 17.2. The zero-order chi connectivity index (χ0) is 18.0. The van der Waals surface area contributed by atoms with Crippen LogP contribution < -0.4 is 10.9 Å². The van der Waals surface area contributed by atoms with Crippen molar-refractivity contribution in [3.63, 3.8) is 0 Å². The van der Waals surface area contributed by atoms with Crippen LogP contribution in [0.2, 0.25) is 0 Å². The number of aromatic nitrogens is 2. The predicted molar refractivity (Wildman–Crippen MR) is 96.0 cm³/mol. The van der Waals surface area contributed by atoms with Gasteiger partial charge in [0.05, 0.1) is 11.9 Å². The number of rotatable bonds is 4. The van der Waals surface area contributed by atoms with Crippen molar-refractivity contribution in [2.45, 2.75) is 46.1 Å². The molecule has 0 radical (unpaired) electrons. The summed E-state index contributed by atoms with van der Waals surface area (Å²) in [6.45, 7) is 4.60. The summed E-state index contributed by atoms with van der Waals surface area (Å²) in [5, 5.41) is 13.3. The van der Waals surface area contributed by atoms with Gasteiger partial charge in [0, 0.05) is 24.0 Å². The molecule has 0 unspecified atom stereocenters. The summed E-state index contributed by atoms with van der Waals surface area (Å²) in [6, 6.07) is 3.38. The van der Waals surface area contributed by atoms with Gasteiger partial charge in [0.15, 0.2) is 0 Å². The Morgan fingerprint density at radius 3 is 2.80 bits per heavy atom. The summed E-state index contributed by atoms with van der Waals surface area (Å²) in [7, 11) is 0. The highest BCUT2D eigenvalue weighted by Gasteiger charge is 2.27. The van der Waals surface area contributed by atoms with Crippen LogP contribution in [0.5, 0.6) is 5.75 Å². The van der Waals surface area contributed by atoms with Crippen molar-refractivity contribution in [1.29, 1.82) is 0 Å². The van der Waals surface area contributed by atoms with Crippen molar-refractivity contribution in [2.75, 3.05) is 5.32 Å². The zero-order valence-electron chi connectivity index (χ0n) is 14.6. The van der Waals surface area contributed by atoms with Gasteiger partial charge in [0.2, 0.25) is 0 Å². The molecule has 0 fully saturated rings.